The number of aliphatic hydroxyl groups excluding tert-OH is 1. The lowest BCUT2D eigenvalue weighted by molar-refractivity contribution is -0.137. The van der Waals surface area contributed by atoms with E-state index >= 15 is 0 Å². The number of halogens is 3. The number of carbonyl (C=O) groups is 1. The molecule has 3 aromatic rings. The highest BCUT2D eigenvalue weighted by Crippen LogP contribution is 2.36. The van der Waals surface area contributed by atoms with E-state index in [1.807, 2.05) is 23.8 Å². The lowest BCUT2D eigenvalue weighted by Crippen LogP contribution is -2.32. The van der Waals surface area contributed by atoms with Gasteiger partial charge in [0, 0.05) is 29.5 Å². The molecule has 1 aliphatic rings. The molecule has 0 saturated carbocycles. The zero-order chi connectivity index (χ0) is 21.6. The van der Waals surface area contributed by atoms with E-state index in [4.69, 9.17) is 0 Å². The summed E-state index contributed by atoms with van der Waals surface area (Å²) >= 11 is 1.46. The first-order chi connectivity index (χ1) is 14.2. The van der Waals surface area contributed by atoms with Crippen molar-refractivity contribution in [2.24, 2.45) is 0 Å². The van der Waals surface area contributed by atoms with Gasteiger partial charge in [-0.1, -0.05) is 12.1 Å². The minimum absolute atomic E-state index is 0.130. The lowest BCUT2D eigenvalue weighted by atomic mass is 10.0. The molecule has 2 atom stereocenters. The van der Waals surface area contributed by atoms with Crippen molar-refractivity contribution in [1.29, 1.82) is 0 Å². The second kappa shape index (κ2) is 7.55. The van der Waals surface area contributed by atoms with E-state index in [9.17, 15) is 23.1 Å². The number of rotatable bonds is 3. The smallest absolute Gasteiger partial charge is 0.391 e. The van der Waals surface area contributed by atoms with Crippen LogP contribution in [-0.2, 0) is 6.18 Å². The van der Waals surface area contributed by atoms with Crippen molar-refractivity contribution in [1.82, 2.24) is 14.5 Å². The highest BCUT2D eigenvalue weighted by molar-refractivity contribution is 7.12. The van der Waals surface area contributed by atoms with Crippen LogP contribution < -0.4 is 0 Å². The van der Waals surface area contributed by atoms with Crippen LogP contribution in [0.15, 0.2) is 41.9 Å². The number of hydrogen-bond donors (Lipinski definition) is 1. The van der Waals surface area contributed by atoms with Gasteiger partial charge in [-0.3, -0.25) is 9.36 Å². The summed E-state index contributed by atoms with van der Waals surface area (Å²) in [6.45, 7) is 3.85. The SMILES string of the molecule is Cc1cc(C(=O)N2CC(O)CC2c2ccc(C(F)(F)F)cc2)c(C)n1-c1nccs1. The van der Waals surface area contributed by atoms with Crippen LogP contribution in [0.2, 0.25) is 0 Å². The number of aryl methyl sites for hydroxylation is 1. The fourth-order valence-electron chi connectivity index (χ4n) is 4.00. The van der Waals surface area contributed by atoms with Gasteiger partial charge in [0.1, 0.15) is 0 Å². The van der Waals surface area contributed by atoms with Gasteiger partial charge in [-0.2, -0.15) is 13.2 Å². The summed E-state index contributed by atoms with van der Waals surface area (Å²) in [6, 6.07) is 6.08. The third-order valence-corrected chi connectivity index (χ3v) is 6.19. The maximum absolute atomic E-state index is 13.4. The number of aliphatic hydroxyl groups is 1. The Kier molecular flexibility index (Phi) is 5.19. The molecule has 30 heavy (non-hydrogen) atoms. The van der Waals surface area contributed by atoms with Crippen molar-refractivity contribution in [2.75, 3.05) is 6.54 Å². The monoisotopic (exact) mass is 435 g/mol. The number of nitrogens with zero attached hydrogens (tertiary/aromatic N) is 3. The maximum atomic E-state index is 13.4. The molecule has 2 aromatic heterocycles. The standard InChI is InChI=1S/C21H20F3N3O2S/c1-12-9-17(13(2)27(12)20-25-7-8-30-20)19(29)26-11-16(28)10-18(26)14-3-5-15(6-4-14)21(22,23)24/h3-9,16,18,28H,10-11H2,1-2H3. The van der Waals surface area contributed by atoms with E-state index in [-0.39, 0.29) is 18.9 Å². The molecule has 4 rings (SSSR count). The van der Waals surface area contributed by atoms with Crippen LogP contribution in [-0.4, -0.2) is 38.1 Å². The molecule has 0 radical (unpaired) electrons. The van der Waals surface area contributed by atoms with Crippen LogP contribution in [0.3, 0.4) is 0 Å². The number of β-amino-alcohol motifs (C(OH)–C–C–N with tert-alkyl or cyclic N) is 1. The average Bonchev–Trinajstić information content (AvgIpc) is 3.40. The zero-order valence-corrected chi connectivity index (χ0v) is 17.2. The highest BCUT2D eigenvalue weighted by Gasteiger charge is 2.37. The summed E-state index contributed by atoms with van der Waals surface area (Å²) in [7, 11) is 0. The van der Waals surface area contributed by atoms with Crippen LogP contribution >= 0.6 is 11.3 Å². The second-order valence-corrected chi connectivity index (χ2v) is 8.29. The molecule has 5 nitrogen and oxygen atoms in total. The molecule has 0 spiro atoms. The largest absolute Gasteiger partial charge is 0.416 e. The number of alkyl halides is 3. The molecule has 2 unspecified atom stereocenters. The third-order valence-electron chi connectivity index (χ3n) is 5.43. The van der Waals surface area contributed by atoms with Crippen molar-refractivity contribution < 1.29 is 23.1 Å². The van der Waals surface area contributed by atoms with E-state index < -0.39 is 23.9 Å². The van der Waals surface area contributed by atoms with Gasteiger partial charge in [0.15, 0.2) is 5.13 Å². The van der Waals surface area contributed by atoms with Gasteiger partial charge in [-0.25, -0.2) is 4.98 Å². The zero-order valence-electron chi connectivity index (χ0n) is 16.3. The van der Waals surface area contributed by atoms with Crippen LogP contribution in [0.1, 0.15) is 45.3 Å². The number of aromatic nitrogens is 2. The molecule has 158 valence electrons. The number of carbonyl (C=O) groups excluding carboxylic acids is 1. The lowest BCUT2D eigenvalue weighted by Gasteiger charge is -2.25. The first kappa shape index (κ1) is 20.6. The Balaban J connectivity index is 1.66. The summed E-state index contributed by atoms with van der Waals surface area (Å²) in [5.74, 6) is -0.257. The van der Waals surface area contributed by atoms with Crippen LogP contribution in [0.4, 0.5) is 13.2 Å². The summed E-state index contributed by atoms with van der Waals surface area (Å²) in [4.78, 5) is 19.2. The Morgan fingerprint density at radius 2 is 1.93 bits per heavy atom. The van der Waals surface area contributed by atoms with Crippen molar-refractivity contribution in [2.45, 2.75) is 38.6 Å². The summed E-state index contributed by atoms with van der Waals surface area (Å²) in [5.41, 5.74) is 1.92. The minimum Gasteiger partial charge on any atom is -0.391 e. The van der Waals surface area contributed by atoms with Crippen molar-refractivity contribution in [3.63, 3.8) is 0 Å². The Bertz CT molecular complexity index is 1060. The van der Waals surface area contributed by atoms with E-state index in [1.165, 1.54) is 23.5 Å². The van der Waals surface area contributed by atoms with Gasteiger partial charge < -0.3 is 10.0 Å². The van der Waals surface area contributed by atoms with Crippen molar-refractivity contribution >= 4 is 17.2 Å². The van der Waals surface area contributed by atoms with Gasteiger partial charge in [0.2, 0.25) is 0 Å². The molecule has 1 N–H and O–H groups in total. The molecule has 1 aliphatic heterocycles. The molecule has 1 fully saturated rings. The first-order valence-electron chi connectivity index (χ1n) is 9.42. The number of amides is 1. The molecule has 9 heteroatoms. The number of likely N-dealkylation sites (tertiary alicyclic amines) is 1. The molecule has 0 aliphatic carbocycles. The van der Waals surface area contributed by atoms with Crippen LogP contribution in [0.5, 0.6) is 0 Å². The average molecular weight is 435 g/mol. The molecule has 1 amide bonds. The normalized spacial score (nSPS) is 19.5. The van der Waals surface area contributed by atoms with E-state index in [2.05, 4.69) is 4.98 Å². The summed E-state index contributed by atoms with van der Waals surface area (Å²) in [5, 5.41) is 12.8. The van der Waals surface area contributed by atoms with Gasteiger partial charge in [0.05, 0.1) is 23.3 Å². The van der Waals surface area contributed by atoms with Crippen molar-refractivity contribution in [3.8, 4) is 5.13 Å². The van der Waals surface area contributed by atoms with Crippen molar-refractivity contribution in [3.05, 3.63) is 70.0 Å². The fourth-order valence-corrected chi connectivity index (χ4v) is 4.75. The molecule has 0 bridgehead atoms. The highest BCUT2D eigenvalue weighted by atomic mass is 32.1. The number of benzene rings is 1. The molecular weight excluding hydrogens is 415 g/mol. The topological polar surface area (TPSA) is 58.4 Å². The third kappa shape index (κ3) is 3.63. The van der Waals surface area contributed by atoms with Crippen LogP contribution in [0, 0.1) is 13.8 Å². The molecule has 3 heterocycles. The number of hydrogen-bond acceptors (Lipinski definition) is 4. The summed E-state index contributed by atoms with van der Waals surface area (Å²) < 4.78 is 40.5. The molecule has 1 saturated heterocycles. The molecular formula is C21H20F3N3O2S. The predicted molar refractivity (Wildman–Crippen MR) is 107 cm³/mol. The quantitative estimate of drug-likeness (QED) is 0.658. The number of thiazole rings is 1. The van der Waals surface area contributed by atoms with E-state index in [0.717, 1.165) is 28.7 Å². The van der Waals surface area contributed by atoms with Gasteiger partial charge >= 0.3 is 6.18 Å². The van der Waals surface area contributed by atoms with E-state index in [1.54, 1.807) is 17.2 Å². The predicted octanol–water partition coefficient (Wildman–Crippen LogP) is 4.52. The van der Waals surface area contributed by atoms with Gasteiger partial charge in [0.25, 0.3) is 5.91 Å². The Morgan fingerprint density at radius 3 is 2.53 bits per heavy atom. The Hall–Kier alpha value is -2.65. The van der Waals surface area contributed by atoms with E-state index in [0.29, 0.717) is 11.1 Å². The second-order valence-electron chi connectivity index (χ2n) is 7.42. The van der Waals surface area contributed by atoms with Gasteiger partial charge in [-0.15, -0.1) is 11.3 Å². The fraction of sp³-hybridized carbons (Fsp3) is 0.333. The minimum atomic E-state index is -4.42. The first-order valence-corrected chi connectivity index (χ1v) is 10.3. The van der Waals surface area contributed by atoms with Gasteiger partial charge in [-0.05, 0) is 44.0 Å². The Morgan fingerprint density at radius 1 is 1.23 bits per heavy atom. The maximum Gasteiger partial charge on any atom is 0.416 e. The Labute approximate surface area is 175 Å². The summed E-state index contributed by atoms with van der Waals surface area (Å²) in [6.07, 6.45) is -3.18. The van der Waals surface area contributed by atoms with Crippen LogP contribution in [0.25, 0.3) is 5.13 Å². The molecule has 1 aromatic carbocycles.